The lowest BCUT2D eigenvalue weighted by molar-refractivity contribution is -0.182. The average Bonchev–Trinajstić information content (AvgIpc) is 2.86. The van der Waals surface area contributed by atoms with Gasteiger partial charge in [0.25, 0.3) is 0 Å². The van der Waals surface area contributed by atoms with Crippen molar-refractivity contribution in [3.63, 3.8) is 0 Å². The van der Waals surface area contributed by atoms with Gasteiger partial charge in [-0.2, -0.15) is 0 Å². The average molecular weight is 362 g/mol. The lowest BCUT2D eigenvalue weighted by Crippen LogP contribution is -2.62. The molecule has 0 aromatic carbocycles. The van der Waals surface area contributed by atoms with Gasteiger partial charge in [-0.15, -0.1) is 0 Å². The van der Waals surface area contributed by atoms with Crippen molar-refractivity contribution in [3.8, 4) is 0 Å². The van der Waals surface area contributed by atoms with Gasteiger partial charge in [0.05, 0.1) is 6.10 Å². The fraction of sp³-hybridized carbons (Fsp3) is 0.810. The molecule has 4 aliphatic rings. The van der Waals surface area contributed by atoms with Gasteiger partial charge >= 0.3 is 0 Å². The molecule has 0 aromatic heterocycles. The van der Waals surface area contributed by atoms with Crippen LogP contribution in [0.4, 0.5) is 0 Å². The Morgan fingerprint density at radius 2 is 1.96 bits per heavy atom. The van der Waals surface area contributed by atoms with E-state index in [9.17, 15) is 24.9 Å². The van der Waals surface area contributed by atoms with E-state index in [0.717, 1.165) is 25.7 Å². The molecule has 3 N–H and O–H groups in total. The molecule has 0 radical (unpaired) electrons. The Kier molecular flexibility index (Phi) is 4.04. The molecule has 26 heavy (non-hydrogen) atoms. The number of aliphatic hydroxyl groups excluding tert-OH is 2. The summed E-state index contributed by atoms with van der Waals surface area (Å²) in [6, 6.07) is 0. The van der Waals surface area contributed by atoms with Crippen molar-refractivity contribution in [2.75, 3.05) is 6.61 Å². The Hall–Kier alpha value is -1.04. The van der Waals surface area contributed by atoms with Gasteiger partial charge in [-0.25, -0.2) is 0 Å². The standard InChI is InChI=1S/C21H30O5/c1-19-7-5-13(23)9-12(19)3-4-14-15-6-8-21(26,17(25)11-22)20(15,2)10-16(24)18(14)19/h9,14-16,18,22,24,26H,3-8,10-11H2,1-2H3/t14-,15-,16-,18+,19+,20-,21+/m1/s1. The van der Waals surface area contributed by atoms with Gasteiger partial charge in [0, 0.05) is 11.8 Å². The number of Topliss-reactive ketones (excluding diaryl/α,β-unsaturated/α-hetero) is 1. The Bertz CT molecular complexity index is 684. The number of carbonyl (C=O) groups excluding carboxylic acids is 2. The van der Waals surface area contributed by atoms with Crippen molar-refractivity contribution >= 4 is 11.6 Å². The highest BCUT2D eigenvalue weighted by Crippen LogP contribution is 2.67. The maximum atomic E-state index is 12.4. The van der Waals surface area contributed by atoms with Crippen LogP contribution in [-0.2, 0) is 9.59 Å². The summed E-state index contributed by atoms with van der Waals surface area (Å²) in [5.74, 6) is 0.140. The van der Waals surface area contributed by atoms with Crippen molar-refractivity contribution in [3.05, 3.63) is 11.6 Å². The van der Waals surface area contributed by atoms with Crippen LogP contribution in [0, 0.1) is 28.6 Å². The van der Waals surface area contributed by atoms with Crippen LogP contribution in [0.25, 0.3) is 0 Å². The zero-order valence-electron chi connectivity index (χ0n) is 15.7. The first-order valence-corrected chi connectivity index (χ1v) is 9.96. The predicted molar refractivity (Wildman–Crippen MR) is 95.1 cm³/mol. The summed E-state index contributed by atoms with van der Waals surface area (Å²) in [6.07, 6.45) is 5.74. The largest absolute Gasteiger partial charge is 0.393 e. The molecule has 5 heteroatoms. The molecule has 0 heterocycles. The van der Waals surface area contributed by atoms with Gasteiger partial charge in [-0.05, 0) is 67.8 Å². The van der Waals surface area contributed by atoms with Gasteiger partial charge in [0.1, 0.15) is 12.2 Å². The van der Waals surface area contributed by atoms with E-state index >= 15 is 0 Å². The van der Waals surface area contributed by atoms with Gasteiger partial charge in [-0.1, -0.05) is 19.4 Å². The minimum atomic E-state index is -1.54. The van der Waals surface area contributed by atoms with Crippen LogP contribution in [-0.4, -0.2) is 45.2 Å². The second kappa shape index (κ2) is 5.73. The molecule has 3 fully saturated rings. The first-order valence-electron chi connectivity index (χ1n) is 9.96. The molecule has 0 spiro atoms. The van der Waals surface area contributed by atoms with E-state index in [1.807, 2.05) is 6.92 Å². The molecular weight excluding hydrogens is 332 g/mol. The number of ketones is 2. The minimum Gasteiger partial charge on any atom is -0.393 e. The lowest BCUT2D eigenvalue weighted by Gasteiger charge is -2.60. The van der Waals surface area contributed by atoms with E-state index in [1.54, 1.807) is 6.08 Å². The van der Waals surface area contributed by atoms with Crippen LogP contribution in [0.3, 0.4) is 0 Å². The van der Waals surface area contributed by atoms with Crippen LogP contribution in [0.1, 0.15) is 58.8 Å². The Morgan fingerprint density at radius 3 is 2.65 bits per heavy atom. The topological polar surface area (TPSA) is 94.8 Å². The molecule has 0 unspecified atom stereocenters. The third-order valence-electron chi connectivity index (χ3n) is 8.65. The van der Waals surface area contributed by atoms with Gasteiger partial charge in [0.2, 0.25) is 0 Å². The maximum Gasteiger partial charge on any atom is 0.190 e. The second-order valence-corrected chi connectivity index (χ2v) is 9.56. The van der Waals surface area contributed by atoms with E-state index in [0.29, 0.717) is 19.3 Å². The molecule has 0 amide bonds. The third-order valence-corrected chi connectivity index (χ3v) is 8.65. The zero-order valence-corrected chi connectivity index (χ0v) is 15.7. The van der Waals surface area contributed by atoms with Crippen molar-refractivity contribution < 1.29 is 24.9 Å². The van der Waals surface area contributed by atoms with E-state index in [4.69, 9.17) is 0 Å². The fourth-order valence-corrected chi connectivity index (χ4v) is 7.28. The SMILES string of the molecule is C[C@]12CCC(=O)C=C1CC[C@H]1[C@H]2[C@H](O)C[C@]2(C)[C@@H]1CC[C@]2(O)C(=O)CO. The van der Waals surface area contributed by atoms with Crippen molar-refractivity contribution in [1.82, 2.24) is 0 Å². The molecule has 0 aromatic rings. The van der Waals surface area contributed by atoms with Gasteiger partial charge in [-0.3, -0.25) is 9.59 Å². The molecular formula is C21H30O5. The smallest absolute Gasteiger partial charge is 0.190 e. The fourth-order valence-electron chi connectivity index (χ4n) is 7.28. The zero-order chi connectivity index (χ0) is 18.9. The maximum absolute atomic E-state index is 12.4. The molecule has 5 nitrogen and oxygen atoms in total. The molecule has 3 saturated carbocycles. The number of rotatable bonds is 2. The Labute approximate surface area is 154 Å². The third kappa shape index (κ3) is 2.14. The minimum absolute atomic E-state index is 0.0697. The first-order chi connectivity index (χ1) is 12.2. The summed E-state index contributed by atoms with van der Waals surface area (Å²) in [7, 11) is 0. The van der Waals surface area contributed by atoms with Crippen molar-refractivity contribution in [2.45, 2.75) is 70.5 Å². The predicted octanol–water partition coefficient (Wildman–Crippen LogP) is 1.78. The van der Waals surface area contributed by atoms with Crippen LogP contribution in [0.15, 0.2) is 11.6 Å². The summed E-state index contributed by atoms with van der Waals surface area (Å²) >= 11 is 0. The number of allylic oxidation sites excluding steroid dienone is 1. The first kappa shape index (κ1) is 18.3. The summed E-state index contributed by atoms with van der Waals surface area (Å²) in [5, 5.41) is 31.7. The van der Waals surface area contributed by atoms with E-state index < -0.39 is 29.5 Å². The summed E-state index contributed by atoms with van der Waals surface area (Å²) in [4.78, 5) is 24.3. The molecule has 144 valence electrons. The highest BCUT2D eigenvalue weighted by Gasteiger charge is 2.68. The summed E-state index contributed by atoms with van der Waals surface area (Å²) in [6.45, 7) is 3.46. The molecule has 4 rings (SSSR count). The van der Waals surface area contributed by atoms with E-state index in [1.165, 1.54) is 5.57 Å². The Morgan fingerprint density at radius 1 is 1.23 bits per heavy atom. The lowest BCUT2D eigenvalue weighted by atomic mass is 9.45. The number of aliphatic hydroxyl groups is 3. The van der Waals surface area contributed by atoms with Crippen LogP contribution < -0.4 is 0 Å². The highest BCUT2D eigenvalue weighted by molar-refractivity contribution is 5.91. The van der Waals surface area contributed by atoms with E-state index in [-0.39, 0.29) is 29.0 Å². The monoisotopic (exact) mass is 362 g/mol. The van der Waals surface area contributed by atoms with Crippen molar-refractivity contribution in [1.29, 1.82) is 0 Å². The van der Waals surface area contributed by atoms with Crippen molar-refractivity contribution in [2.24, 2.45) is 28.6 Å². The number of hydrogen-bond acceptors (Lipinski definition) is 5. The quantitative estimate of drug-likeness (QED) is 0.696. The Balaban J connectivity index is 1.74. The number of hydrogen-bond donors (Lipinski definition) is 3. The number of fused-ring (bicyclic) bond motifs is 5. The van der Waals surface area contributed by atoms with E-state index in [2.05, 4.69) is 6.92 Å². The van der Waals surface area contributed by atoms with Gasteiger partial charge < -0.3 is 15.3 Å². The molecule has 0 aliphatic heterocycles. The summed E-state index contributed by atoms with van der Waals surface area (Å²) < 4.78 is 0. The second-order valence-electron chi connectivity index (χ2n) is 9.56. The molecule has 7 atom stereocenters. The van der Waals surface area contributed by atoms with Gasteiger partial charge in [0.15, 0.2) is 11.6 Å². The number of carbonyl (C=O) groups is 2. The van der Waals surface area contributed by atoms with Crippen LogP contribution in [0.2, 0.25) is 0 Å². The molecule has 4 aliphatic carbocycles. The summed E-state index contributed by atoms with van der Waals surface area (Å²) in [5.41, 5.74) is -1.23. The molecule has 0 bridgehead atoms. The highest BCUT2D eigenvalue weighted by atomic mass is 16.3. The van der Waals surface area contributed by atoms with Crippen LogP contribution in [0.5, 0.6) is 0 Å². The molecule has 0 saturated heterocycles. The van der Waals surface area contributed by atoms with Crippen LogP contribution >= 0.6 is 0 Å². The normalized spacial score (nSPS) is 50.5.